The molecule has 1 aromatic heterocycles. The highest BCUT2D eigenvalue weighted by atomic mass is 16.4. The number of benzene rings is 1. The lowest BCUT2D eigenvalue weighted by atomic mass is 10.1. The van der Waals surface area contributed by atoms with Gasteiger partial charge < -0.3 is 14.6 Å². The van der Waals surface area contributed by atoms with Crippen molar-refractivity contribution in [2.75, 3.05) is 26.2 Å². The summed E-state index contributed by atoms with van der Waals surface area (Å²) in [6, 6.07) is 9.37. The summed E-state index contributed by atoms with van der Waals surface area (Å²) in [5.74, 6) is -0.212. The topological polar surface area (TPSA) is 67.5 Å². The quantitative estimate of drug-likeness (QED) is 0.876. The number of carbonyl (C=O) groups is 1. The molecule has 24 heavy (non-hydrogen) atoms. The molecule has 1 aromatic carbocycles. The minimum atomic E-state index is -0.514. The second kappa shape index (κ2) is 7.97. The Bertz CT molecular complexity index is 715. The van der Waals surface area contributed by atoms with Gasteiger partial charge in [-0.3, -0.25) is 9.36 Å². The molecule has 1 aliphatic heterocycles. The van der Waals surface area contributed by atoms with Gasteiger partial charge in [-0.05, 0) is 25.9 Å². The average Bonchev–Trinajstić information content (AvgIpc) is 2.97. The molecule has 0 spiro atoms. The number of hydrogen-bond acceptors (Lipinski definition) is 4. The first-order chi connectivity index (χ1) is 11.7. The molecule has 1 amide bonds. The zero-order valence-corrected chi connectivity index (χ0v) is 13.7. The first-order valence-electron chi connectivity index (χ1n) is 8.47. The second-order valence-electron chi connectivity index (χ2n) is 6.11. The highest BCUT2D eigenvalue weighted by Crippen LogP contribution is 2.16. The van der Waals surface area contributed by atoms with Gasteiger partial charge in [0, 0.05) is 18.7 Å². The van der Waals surface area contributed by atoms with Gasteiger partial charge in [-0.25, -0.2) is 4.79 Å². The molecule has 0 unspecified atom stereocenters. The summed E-state index contributed by atoms with van der Waals surface area (Å²) in [5.41, 5.74) is 0.818. The highest BCUT2D eigenvalue weighted by molar-refractivity contribution is 5.75. The molecule has 0 atom stereocenters. The standard InChI is InChI=1S/C18H23N3O3/c22-17(19-9-12-20-10-5-2-6-11-20)14-21-13-16(24-18(21)23)15-7-3-1-4-8-15/h1,3-4,7-8,13H,2,5-6,9-12,14H2,(H,19,22). The van der Waals surface area contributed by atoms with Gasteiger partial charge in [0.1, 0.15) is 6.54 Å². The van der Waals surface area contributed by atoms with E-state index in [2.05, 4.69) is 10.2 Å². The molecule has 1 aliphatic rings. The maximum Gasteiger partial charge on any atom is 0.419 e. The molecule has 2 heterocycles. The molecule has 0 bridgehead atoms. The van der Waals surface area contributed by atoms with Crippen molar-refractivity contribution in [2.45, 2.75) is 25.8 Å². The van der Waals surface area contributed by atoms with Gasteiger partial charge in [0.25, 0.3) is 0 Å². The molecule has 6 nitrogen and oxygen atoms in total. The predicted molar refractivity (Wildman–Crippen MR) is 91.7 cm³/mol. The van der Waals surface area contributed by atoms with Crippen LogP contribution < -0.4 is 11.1 Å². The number of nitrogens with one attached hydrogen (secondary N) is 1. The normalized spacial score (nSPS) is 15.3. The third kappa shape index (κ3) is 4.35. The molecule has 3 rings (SSSR count). The number of nitrogens with zero attached hydrogens (tertiary/aromatic N) is 2. The van der Waals surface area contributed by atoms with Crippen LogP contribution in [0.2, 0.25) is 0 Å². The Morgan fingerprint density at radius 2 is 1.88 bits per heavy atom. The molecular weight excluding hydrogens is 306 g/mol. The zero-order chi connectivity index (χ0) is 16.8. The van der Waals surface area contributed by atoms with Gasteiger partial charge in [-0.1, -0.05) is 36.8 Å². The first-order valence-corrected chi connectivity index (χ1v) is 8.47. The highest BCUT2D eigenvalue weighted by Gasteiger charge is 2.12. The largest absolute Gasteiger partial charge is 0.419 e. The van der Waals surface area contributed by atoms with Crippen molar-refractivity contribution in [2.24, 2.45) is 0 Å². The fourth-order valence-corrected chi connectivity index (χ4v) is 2.97. The van der Waals surface area contributed by atoms with Crippen molar-refractivity contribution < 1.29 is 9.21 Å². The van der Waals surface area contributed by atoms with Crippen LogP contribution in [0.15, 0.2) is 45.7 Å². The van der Waals surface area contributed by atoms with E-state index in [4.69, 9.17) is 4.42 Å². The molecule has 6 heteroatoms. The Kier molecular flexibility index (Phi) is 5.48. The molecule has 0 radical (unpaired) electrons. The number of oxazole rings is 1. The van der Waals surface area contributed by atoms with Gasteiger partial charge in [-0.15, -0.1) is 0 Å². The smallest absolute Gasteiger partial charge is 0.408 e. The van der Waals surface area contributed by atoms with Crippen molar-refractivity contribution >= 4 is 5.91 Å². The van der Waals surface area contributed by atoms with E-state index in [0.29, 0.717) is 12.3 Å². The molecule has 2 aromatic rings. The summed E-state index contributed by atoms with van der Waals surface area (Å²) in [5, 5.41) is 2.87. The Morgan fingerprint density at radius 1 is 1.12 bits per heavy atom. The van der Waals surface area contributed by atoms with Gasteiger partial charge in [0.2, 0.25) is 5.91 Å². The number of carbonyl (C=O) groups excluding carboxylic acids is 1. The Hall–Kier alpha value is -2.34. The number of amides is 1. The fourth-order valence-electron chi connectivity index (χ4n) is 2.97. The predicted octanol–water partition coefficient (Wildman–Crippen LogP) is 1.71. The van der Waals surface area contributed by atoms with E-state index in [1.165, 1.54) is 23.8 Å². The molecule has 1 N–H and O–H groups in total. The van der Waals surface area contributed by atoms with E-state index in [0.717, 1.165) is 25.2 Å². The van der Waals surface area contributed by atoms with Crippen LogP contribution in [-0.2, 0) is 11.3 Å². The molecule has 0 saturated carbocycles. The summed E-state index contributed by atoms with van der Waals surface area (Å²) in [7, 11) is 0. The lowest BCUT2D eigenvalue weighted by Gasteiger charge is -2.26. The molecule has 1 fully saturated rings. The van der Waals surface area contributed by atoms with Crippen LogP contribution in [0.4, 0.5) is 0 Å². The number of aromatic nitrogens is 1. The molecule has 1 saturated heterocycles. The number of piperidine rings is 1. The van der Waals surface area contributed by atoms with Crippen LogP contribution in [0.3, 0.4) is 0 Å². The van der Waals surface area contributed by atoms with Crippen molar-refractivity contribution in [3.8, 4) is 11.3 Å². The summed E-state index contributed by atoms with van der Waals surface area (Å²) in [6.45, 7) is 3.67. The van der Waals surface area contributed by atoms with E-state index in [1.807, 2.05) is 30.3 Å². The summed E-state index contributed by atoms with van der Waals surface area (Å²) in [6.07, 6.45) is 5.36. The molecular formula is C18H23N3O3. The SMILES string of the molecule is O=C(Cn1cc(-c2ccccc2)oc1=O)NCCN1CCCCC1. The maximum atomic E-state index is 12.0. The van der Waals surface area contributed by atoms with E-state index in [-0.39, 0.29) is 12.5 Å². The zero-order valence-electron chi connectivity index (χ0n) is 13.7. The van der Waals surface area contributed by atoms with Crippen LogP contribution in [-0.4, -0.2) is 41.6 Å². The average molecular weight is 329 g/mol. The van der Waals surface area contributed by atoms with Crippen molar-refractivity contribution in [3.63, 3.8) is 0 Å². The lowest BCUT2D eigenvalue weighted by Crippen LogP contribution is -2.39. The van der Waals surface area contributed by atoms with Gasteiger partial charge >= 0.3 is 5.76 Å². The van der Waals surface area contributed by atoms with Crippen LogP contribution in [0, 0.1) is 0 Å². The van der Waals surface area contributed by atoms with Crippen LogP contribution in [0.25, 0.3) is 11.3 Å². The van der Waals surface area contributed by atoms with E-state index < -0.39 is 5.76 Å². The summed E-state index contributed by atoms with van der Waals surface area (Å²) < 4.78 is 6.52. The second-order valence-corrected chi connectivity index (χ2v) is 6.11. The van der Waals surface area contributed by atoms with Crippen molar-refractivity contribution in [1.29, 1.82) is 0 Å². The van der Waals surface area contributed by atoms with E-state index in [9.17, 15) is 9.59 Å². The van der Waals surface area contributed by atoms with E-state index >= 15 is 0 Å². The first kappa shape index (κ1) is 16.5. The molecule has 128 valence electrons. The monoisotopic (exact) mass is 329 g/mol. The number of rotatable bonds is 6. The Balaban J connectivity index is 1.51. The van der Waals surface area contributed by atoms with Gasteiger partial charge in [-0.2, -0.15) is 0 Å². The van der Waals surface area contributed by atoms with E-state index in [1.54, 1.807) is 6.20 Å². The van der Waals surface area contributed by atoms with Crippen molar-refractivity contribution in [3.05, 3.63) is 47.1 Å². The van der Waals surface area contributed by atoms with Crippen molar-refractivity contribution in [1.82, 2.24) is 14.8 Å². The van der Waals surface area contributed by atoms with Crippen LogP contribution in [0.5, 0.6) is 0 Å². The number of hydrogen-bond donors (Lipinski definition) is 1. The molecule has 0 aliphatic carbocycles. The van der Waals surface area contributed by atoms with Crippen LogP contribution >= 0.6 is 0 Å². The summed E-state index contributed by atoms with van der Waals surface area (Å²) in [4.78, 5) is 26.3. The van der Waals surface area contributed by atoms with Gasteiger partial charge in [0.05, 0.1) is 6.20 Å². The number of likely N-dealkylation sites (tertiary alicyclic amines) is 1. The minimum absolute atomic E-state index is 0.0187. The Labute approximate surface area is 141 Å². The minimum Gasteiger partial charge on any atom is -0.408 e. The third-order valence-corrected chi connectivity index (χ3v) is 4.28. The van der Waals surface area contributed by atoms with Crippen LogP contribution in [0.1, 0.15) is 19.3 Å². The fraction of sp³-hybridized carbons (Fsp3) is 0.444. The third-order valence-electron chi connectivity index (χ3n) is 4.28. The van der Waals surface area contributed by atoms with Gasteiger partial charge in [0.15, 0.2) is 5.76 Å². The summed E-state index contributed by atoms with van der Waals surface area (Å²) >= 11 is 0. The Morgan fingerprint density at radius 3 is 2.62 bits per heavy atom. The lowest BCUT2D eigenvalue weighted by molar-refractivity contribution is -0.121. The maximum absolute atomic E-state index is 12.0.